The van der Waals surface area contributed by atoms with Crippen LogP contribution >= 0.6 is 27.7 Å². The van der Waals surface area contributed by atoms with Crippen LogP contribution in [0.1, 0.15) is 11.3 Å². The number of carbonyl (C=O) groups excluding carboxylic acids is 1. The van der Waals surface area contributed by atoms with Crippen LogP contribution in [-0.4, -0.2) is 18.2 Å². The normalized spacial score (nSPS) is 10.4. The molecule has 106 valence electrons. The Morgan fingerprint density at radius 2 is 2.20 bits per heavy atom. The zero-order valence-electron chi connectivity index (χ0n) is 11.0. The van der Waals surface area contributed by atoms with E-state index in [1.54, 1.807) is 18.0 Å². The van der Waals surface area contributed by atoms with Crippen LogP contribution < -0.4 is 5.32 Å². The second-order valence-electron chi connectivity index (χ2n) is 4.29. The van der Waals surface area contributed by atoms with Crippen molar-refractivity contribution in [2.24, 2.45) is 0 Å². The summed E-state index contributed by atoms with van der Waals surface area (Å²) in [5, 5.41) is 2.93. The lowest BCUT2D eigenvalue weighted by Crippen LogP contribution is -2.27. The van der Waals surface area contributed by atoms with Gasteiger partial charge in [0.05, 0.1) is 18.4 Å². The van der Waals surface area contributed by atoms with E-state index in [1.165, 1.54) is 0 Å². The topological polar surface area (TPSA) is 42.2 Å². The molecule has 1 amide bonds. The van der Waals surface area contributed by atoms with Gasteiger partial charge in [0, 0.05) is 16.8 Å². The summed E-state index contributed by atoms with van der Waals surface area (Å²) in [6.45, 7) is 0.679. The molecule has 0 unspecified atom stereocenters. The van der Waals surface area contributed by atoms with Gasteiger partial charge in [0.1, 0.15) is 5.76 Å². The average molecular weight is 354 g/mol. The van der Waals surface area contributed by atoms with Crippen LogP contribution in [0, 0.1) is 0 Å². The Hall–Kier alpha value is -1.20. The van der Waals surface area contributed by atoms with Crippen LogP contribution in [0.5, 0.6) is 0 Å². The van der Waals surface area contributed by atoms with Gasteiger partial charge in [-0.05, 0) is 29.8 Å². The number of carbonyl (C=O) groups is 1. The molecule has 0 spiro atoms. The predicted molar refractivity (Wildman–Crippen MR) is 85.7 cm³/mol. The SMILES string of the molecule is O=C(Cc1cccc(Br)c1)NCCSCc1ccco1. The van der Waals surface area contributed by atoms with E-state index in [0.717, 1.165) is 27.3 Å². The first kappa shape index (κ1) is 15.2. The second kappa shape index (κ2) is 8.17. The summed E-state index contributed by atoms with van der Waals surface area (Å²) in [7, 11) is 0. The number of benzene rings is 1. The lowest BCUT2D eigenvalue weighted by atomic mass is 10.1. The average Bonchev–Trinajstić information content (AvgIpc) is 2.91. The van der Waals surface area contributed by atoms with E-state index in [2.05, 4.69) is 21.2 Å². The highest BCUT2D eigenvalue weighted by molar-refractivity contribution is 9.10. The molecule has 3 nitrogen and oxygen atoms in total. The fourth-order valence-electron chi connectivity index (χ4n) is 1.72. The van der Waals surface area contributed by atoms with Gasteiger partial charge in [-0.1, -0.05) is 28.1 Å². The molecule has 0 fully saturated rings. The minimum absolute atomic E-state index is 0.0571. The van der Waals surface area contributed by atoms with Gasteiger partial charge in [-0.3, -0.25) is 4.79 Å². The van der Waals surface area contributed by atoms with Crippen molar-refractivity contribution in [2.75, 3.05) is 12.3 Å². The number of amides is 1. The molecule has 0 saturated heterocycles. The molecule has 20 heavy (non-hydrogen) atoms. The molecule has 0 radical (unpaired) electrons. The molecule has 0 aliphatic heterocycles. The molecule has 1 aromatic carbocycles. The predicted octanol–water partition coefficient (Wildman–Crippen LogP) is 3.63. The van der Waals surface area contributed by atoms with E-state index in [9.17, 15) is 4.79 Å². The smallest absolute Gasteiger partial charge is 0.224 e. The van der Waals surface area contributed by atoms with Crippen molar-refractivity contribution in [1.29, 1.82) is 0 Å². The van der Waals surface area contributed by atoms with Gasteiger partial charge in [0.2, 0.25) is 5.91 Å². The summed E-state index contributed by atoms with van der Waals surface area (Å²) in [5.41, 5.74) is 1.01. The van der Waals surface area contributed by atoms with Crippen molar-refractivity contribution in [2.45, 2.75) is 12.2 Å². The van der Waals surface area contributed by atoms with Gasteiger partial charge in [-0.25, -0.2) is 0 Å². The largest absolute Gasteiger partial charge is 0.468 e. The molecule has 1 N–H and O–H groups in total. The lowest BCUT2D eigenvalue weighted by Gasteiger charge is -2.05. The van der Waals surface area contributed by atoms with Crippen molar-refractivity contribution in [3.8, 4) is 0 Å². The van der Waals surface area contributed by atoms with Crippen molar-refractivity contribution in [3.05, 3.63) is 58.5 Å². The Bertz CT molecular complexity index is 543. The van der Waals surface area contributed by atoms with Crippen LogP contribution in [0.15, 0.2) is 51.6 Å². The molecule has 0 aliphatic carbocycles. The highest BCUT2D eigenvalue weighted by atomic mass is 79.9. The number of rotatable bonds is 7. The molecule has 1 aromatic heterocycles. The zero-order valence-corrected chi connectivity index (χ0v) is 13.4. The number of hydrogen-bond acceptors (Lipinski definition) is 3. The second-order valence-corrected chi connectivity index (χ2v) is 6.31. The number of furan rings is 1. The standard InChI is InChI=1S/C15H16BrNO2S/c16-13-4-1-3-12(9-13)10-15(18)17-6-8-20-11-14-5-2-7-19-14/h1-5,7,9H,6,8,10-11H2,(H,17,18). The van der Waals surface area contributed by atoms with Crippen LogP contribution in [-0.2, 0) is 17.0 Å². The maximum absolute atomic E-state index is 11.8. The molecule has 0 saturated carbocycles. The molecular formula is C15H16BrNO2S. The van der Waals surface area contributed by atoms with E-state index in [-0.39, 0.29) is 5.91 Å². The Morgan fingerprint density at radius 3 is 2.95 bits per heavy atom. The molecule has 0 atom stereocenters. The Kier molecular flexibility index (Phi) is 6.21. The van der Waals surface area contributed by atoms with Crippen LogP contribution in [0.25, 0.3) is 0 Å². The third kappa shape index (κ3) is 5.43. The molecule has 2 aromatic rings. The minimum Gasteiger partial charge on any atom is -0.468 e. The molecule has 2 rings (SSSR count). The minimum atomic E-state index is 0.0571. The number of thioether (sulfide) groups is 1. The number of halogens is 1. The van der Waals surface area contributed by atoms with Crippen LogP contribution in [0.2, 0.25) is 0 Å². The molecule has 5 heteroatoms. The summed E-state index contributed by atoms with van der Waals surface area (Å²) < 4.78 is 6.24. The van der Waals surface area contributed by atoms with Crippen molar-refractivity contribution in [1.82, 2.24) is 5.32 Å². The summed E-state index contributed by atoms with van der Waals surface area (Å²) in [6.07, 6.45) is 2.10. The van der Waals surface area contributed by atoms with E-state index in [0.29, 0.717) is 13.0 Å². The maximum atomic E-state index is 11.8. The monoisotopic (exact) mass is 353 g/mol. The van der Waals surface area contributed by atoms with Crippen molar-refractivity contribution in [3.63, 3.8) is 0 Å². The third-order valence-electron chi connectivity index (χ3n) is 2.65. The van der Waals surface area contributed by atoms with Gasteiger partial charge in [-0.15, -0.1) is 0 Å². The summed E-state index contributed by atoms with van der Waals surface area (Å²) in [5.74, 6) is 2.75. The number of hydrogen-bond donors (Lipinski definition) is 1. The molecule has 0 bridgehead atoms. The fourth-order valence-corrected chi connectivity index (χ4v) is 2.93. The van der Waals surface area contributed by atoms with Gasteiger partial charge < -0.3 is 9.73 Å². The Balaban J connectivity index is 1.60. The fraction of sp³-hybridized carbons (Fsp3) is 0.267. The maximum Gasteiger partial charge on any atom is 0.224 e. The Labute approximate surface area is 131 Å². The summed E-state index contributed by atoms with van der Waals surface area (Å²) in [6, 6.07) is 11.6. The van der Waals surface area contributed by atoms with Gasteiger partial charge in [0.15, 0.2) is 0 Å². The summed E-state index contributed by atoms with van der Waals surface area (Å²) in [4.78, 5) is 11.8. The first-order valence-electron chi connectivity index (χ1n) is 6.35. The Morgan fingerprint density at radius 1 is 1.30 bits per heavy atom. The first-order valence-corrected chi connectivity index (χ1v) is 8.30. The quantitative estimate of drug-likeness (QED) is 0.772. The van der Waals surface area contributed by atoms with Crippen molar-refractivity contribution < 1.29 is 9.21 Å². The van der Waals surface area contributed by atoms with Gasteiger partial charge in [-0.2, -0.15) is 11.8 Å². The van der Waals surface area contributed by atoms with Crippen LogP contribution in [0.3, 0.4) is 0 Å². The van der Waals surface area contributed by atoms with Gasteiger partial charge in [0.25, 0.3) is 0 Å². The first-order chi connectivity index (χ1) is 9.74. The van der Waals surface area contributed by atoms with E-state index < -0.39 is 0 Å². The van der Waals surface area contributed by atoms with E-state index in [1.807, 2.05) is 36.4 Å². The van der Waals surface area contributed by atoms with Gasteiger partial charge >= 0.3 is 0 Å². The van der Waals surface area contributed by atoms with E-state index >= 15 is 0 Å². The number of nitrogens with one attached hydrogen (secondary N) is 1. The van der Waals surface area contributed by atoms with Crippen molar-refractivity contribution >= 4 is 33.6 Å². The zero-order chi connectivity index (χ0) is 14.2. The lowest BCUT2D eigenvalue weighted by molar-refractivity contribution is -0.120. The van der Waals surface area contributed by atoms with E-state index in [4.69, 9.17) is 4.42 Å². The molecular weight excluding hydrogens is 338 g/mol. The molecule has 1 heterocycles. The van der Waals surface area contributed by atoms with Crippen LogP contribution in [0.4, 0.5) is 0 Å². The summed E-state index contributed by atoms with van der Waals surface area (Å²) >= 11 is 5.15. The highest BCUT2D eigenvalue weighted by Crippen LogP contribution is 2.13. The highest BCUT2D eigenvalue weighted by Gasteiger charge is 2.03. The molecule has 0 aliphatic rings. The third-order valence-corrected chi connectivity index (χ3v) is 4.12.